The van der Waals surface area contributed by atoms with Gasteiger partial charge < -0.3 is 10.5 Å². The van der Waals surface area contributed by atoms with Crippen LogP contribution in [-0.4, -0.2) is 7.11 Å². The molecule has 0 bridgehead atoms. The first kappa shape index (κ1) is 11.0. The molecule has 3 heteroatoms. The Hall–Kier alpha value is -1.09. The molecule has 1 aromatic carbocycles. The number of benzene rings is 1. The molecule has 1 aromatic rings. The molecule has 1 atom stereocenters. The fraction of sp³-hybridized carbons (Fsp3) is 0.455. The summed E-state index contributed by atoms with van der Waals surface area (Å²) >= 11 is 0. The predicted molar refractivity (Wildman–Crippen MR) is 54.7 cm³/mol. The maximum absolute atomic E-state index is 12.9. The average Bonchev–Trinajstić information content (AvgIpc) is 2.16. The third kappa shape index (κ3) is 2.23. The Kier molecular flexibility index (Phi) is 3.47. The molecule has 0 spiro atoms. The van der Waals surface area contributed by atoms with Crippen LogP contribution in [0.2, 0.25) is 0 Å². The number of halogens is 1. The summed E-state index contributed by atoms with van der Waals surface area (Å²) in [6, 6.07) is 4.32. The van der Waals surface area contributed by atoms with Gasteiger partial charge in [-0.3, -0.25) is 0 Å². The summed E-state index contributed by atoms with van der Waals surface area (Å²) in [6.45, 7) is 4.04. The number of hydrogen-bond acceptors (Lipinski definition) is 2. The van der Waals surface area contributed by atoms with Crippen LogP contribution in [-0.2, 0) is 0 Å². The Labute approximate surface area is 83.9 Å². The van der Waals surface area contributed by atoms with Crippen LogP contribution in [0.15, 0.2) is 18.2 Å². The second-order valence-electron chi connectivity index (χ2n) is 3.66. The normalized spacial score (nSPS) is 13.0. The van der Waals surface area contributed by atoms with Crippen LogP contribution in [0.1, 0.15) is 25.5 Å². The fourth-order valence-corrected chi connectivity index (χ4v) is 1.32. The Morgan fingerprint density at radius 1 is 1.36 bits per heavy atom. The van der Waals surface area contributed by atoms with Crippen molar-refractivity contribution in [3.05, 3.63) is 29.6 Å². The zero-order chi connectivity index (χ0) is 10.7. The lowest BCUT2D eigenvalue weighted by Crippen LogP contribution is -2.17. The summed E-state index contributed by atoms with van der Waals surface area (Å²) in [5.74, 6) is 0.516. The number of hydrogen-bond donors (Lipinski definition) is 1. The third-order valence-corrected chi connectivity index (χ3v) is 2.27. The number of nitrogens with two attached hydrogens (primary N) is 1. The Bertz CT molecular complexity index is 312. The van der Waals surface area contributed by atoms with E-state index in [9.17, 15) is 4.39 Å². The van der Waals surface area contributed by atoms with Crippen LogP contribution in [0.25, 0.3) is 0 Å². The van der Waals surface area contributed by atoms with Gasteiger partial charge in [-0.15, -0.1) is 0 Å². The van der Waals surface area contributed by atoms with Gasteiger partial charge in [0.25, 0.3) is 0 Å². The van der Waals surface area contributed by atoms with Gasteiger partial charge in [0, 0.05) is 17.7 Å². The zero-order valence-corrected chi connectivity index (χ0v) is 8.75. The van der Waals surface area contributed by atoms with Crippen LogP contribution in [0.3, 0.4) is 0 Å². The summed E-state index contributed by atoms with van der Waals surface area (Å²) in [5, 5.41) is 0. The molecule has 0 radical (unpaired) electrons. The van der Waals surface area contributed by atoms with E-state index in [1.807, 2.05) is 13.8 Å². The van der Waals surface area contributed by atoms with Crippen LogP contribution in [0.4, 0.5) is 4.39 Å². The van der Waals surface area contributed by atoms with Crippen molar-refractivity contribution >= 4 is 0 Å². The van der Waals surface area contributed by atoms with Crippen molar-refractivity contribution in [1.82, 2.24) is 0 Å². The summed E-state index contributed by atoms with van der Waals surface area (Å²) in [4.78, 5) is 0. The number of methoxy groups -OCH3 is 1. The molecule has 0 aromatic heterocycles. The minimum Gasteiger partial charge on any atom is -0.496 e. The van der Waals surface area contributed by atoms with E-state index in [1.54, 1.807) is 6.07 Å². The highest BCUT2D eigenvalue weighted by Gasteiger charge is 2.15. The van der Waals surface area contributed by atoms with Crippen LogP contribution >= 0.6 is 0 Å². The lowest BCUT2D eigenvalue weighted by atomic mass is 9.96. The summed E-state index contributed by atoms with van der Waals surface area (Å²) in [5.41, 5.74) is 6.81. The van der Waals surface area contributed by atoms with Gasteiger partial charge in [-0.05, 0) is 12.0 Å². The standard InChI is InChI=1S/C11H16FNO/c1-7(2)11(13)9-5-4-8(12)6-10(9)14-3/h4-7,11H,13H2,1-3H3/t11-/m0/s1. The van der Waals surface area contributed by atoms with Crippen LogP contribution < -0.4 is 10.5 Å². The smallest absolute Gasteiger partial charge is 0.126 e. The molecule has 0 amide bonds. The number of ether oxygens (including phenoxy) is 1. The molecule has 0 heterocycles. The molecule has 0 fully saturated rings. The van der Waals surface area contributed by atoms with E-state index in [1.165, 1.54) is 19.2 Å². The lowest BCUT2D eigenvalue weighted by Gasteiger charge is -2.18. The van der Waals surface area contributed by atoms with Gasteiger partial charge in [0.2, 0.25) is 0 Å². The molecule has 2 nitrogen and oxygen atoms in total. The monoisotopic (exact) mass is 197 g/mol. The molecular formula is C11H16FNO. The van der Waals surface area contributed by atoms with Gasteiger partial charge in [-0.25, -0.2) is 4.39 Å². The van der Waals surface area contributed by atoms with Crippen molar-refractivity contribution in [1.29, 1.82) is 0 Å². The molecule has 0 saturated carbocycles. The van der Waals surface area contributed by atoms with E-state index in [0.29, 0.717) is 11.7 Å². The Morgan fingerprint density at radius 2 is 2.00 bits per heavy atom. The molecule has 0 saturated heterocycles. The van der Waals surface area contributed by atoms with Crippen molar-refractivity contribution < 1.29 is 9.13 Å². The Balaban J connectivity index is 3.07. The summed E-state index contributed by atoms with van der Waals surface area (Å²) < 4.78 is 18.0. The van der Waals surface area contributed by atoms with E-state index >= 15 is 0 Å². The van der Waals surface area contributed by atoms with Crippen molar-refractivity contribution in [3.63, 3.8) is 0 Å². The van der Waals surface area contributed by atoms with Gasteiger partial charge in [-0.1, -0.05) is 19.9 Å². The van der Waals surface area contributed by atoms with Crippen molar-refractivity contribution in [2.45, 2.75) is 19.9 Å². The lowest BCUT2D eigenvalue weighted by molar-refractivity contribution is 0.393. The quantitative estimate of drug-likeness (QED) is 0.808. The zero-order valence-electron chi connectivity index (χ0n) is 8.75. The van der Waals surface area contributed by atoms with E-state index in [0.717, 1.165) is 5.56 Å². The van der Waals surface area contributed by atoms with E-state index in [-0.39, 0.29) is 11.9 Å². The largest absolute Gasteiger partial charge is 0.496 e. The molecule has 0 aliphatic carbocycles. The molecule has 0 unspecified atom stereocenters. The minimum absolute atomic E-state index is 0.120. The van der Waals surface area contributed by atoms with Crippen molar-refractivity contribution in [2.24, 2.45) is 11.7 Å². The van der Waals surface area contributed by atoms with E-state index in [2.05, 4.69) is 0 Å². The molecule has 0 aliphatic rings. The molecule has 1 rings (SSSR count). The second kappa shape index (κ2) is 4.42. The first-order valence-corrected chi connectivity index (χ1v) is 4.65. The summed E-state index contributed by atoms with van der Waals surface area (Å²) in [7, 11) is 1.52. The Morgan fingerprint density at radius 3 is 2.50 bits per heavy atom. The van der Waals surface area contributed by atoms with E-state index in [4.69, 9.17) is 10.5 Å². The third-order valence-electron chi connectivity index (χ3n) is 2.27. The number of rotatable bonds is 3. The van der Waals surface area contributed by atoms with Gasteiger partial charge >= 0.3 is 0 Å². The minimum atomic E-state index is -0.304. The van der Waals surface area contributed by atoms with Crippen molar-refractivity contribution in [2.75, 3.05) is 7.11 Å². The summed E-state index contributed by atoms with van der Waals surface area (Å²) in [6.07, 6.45) is 0. The topological polar surface area (TPSA) is 35.2 Å². The van der Waals surface area contributed by atoms with Gasteiger partial charge in [0.05, 0.1) is 7.11 Å². The van der Waals surface area contributed by atoms with Crippen LogP contribution in [0.5, 0.6) is 5.75 Å². The molecule has 14 heavy (non-hydrogen) atoms. The average molecular weight is 197 g/mol. The highest BCUT2D eigenvalue weighted by Crippen LogP contribution is 2.28. The first-order valence-electron chi connectivity index (χ1n) is 4.65. The predicted octanol–water partition coefficient (Wildman–Crippen LogP) is 2.49. The maximum Gasteiger partial charge on any atom is 0.126 e. The highest BCUT2D eigenvalue weighted by atomic mass is 19.1. The molecule has 0 aliphatic heterocycles. The van der Waals surface area contributed by atoms with Gasteiger partial charge in [-0.2, -0.15) is 0 Å². The fourth-order valence-electron chi connectivity index (χ4n) is 1.32. The first-order chi connectivity index (χ1) is 6.56. The van der Waals surface area contributed by atoms with Gasteiger partial charge in [0.15, 0.2) is 0 Å². The SMILES string of the molecule is COc1cc(F)ccc1[C@@H](N)C(C)C. The van der Waals surface area contributed by atoms with Crippen molar-refractivity contribution in [3.8, 4) is 5.75 Å². The van der Waals surface area contributed by atoms with E-state index < -0.39 is 0 Å². The molecular weight excluding hydrogens is 181 g/mol. The maximum atomic E-state index is 12.9. The second-order valence-corrected chi connectivity index (χ2v) is 3.66. The molecule has 78 valence electrons. The van der Waals surface area contributed by atoms with Gasteiger partial charge in [0.1, 0.15) is 11.6 Å². The van der Waals surface area contributed by atoms with Crippen LogP contribution in [0, 0.1) is 11.7 Å². The molecule has 2 N–H and O–H groups in total. The highest BCUT2D eigenvalue weighted by molar-refractivity contribution is 5.36.